The van der Waals surface area contributed by atoms with Gasteiger partial charge in [-0.3, -0.25) is 4.79 Å². The highest BCUT2D eigenvalue weighted by Gasteiger charge is 2.29. The van der Waals surface area contributed by atoms with Crippen LogP contribution in [0, 0.1) is 12.8 Å². The van der Waals surface area contributed by atoms with Gasteiger partial charge in [-0.1, -0.05) is 0 Å². The van der Waals surface area contributed by atoms with Crippen molar-refractivity contribution in [1.82, 2.24) is 4.72 Å². The second-order valence-electron chi connectivity index (χ2n) is 7.38. The molecule has 0 saturated heterocycles. The molecule has 2 N–H and O–H groups in total. The van der Waals surface area contributed by atoms with E-state index in [-0.39, 0.29) is 17.9 Å². The first-order chi connectivity index (χ1) is 12.3. The molecule has 3 rings (SSSR count). The van der Waals surface area contributed by atoms with E-state index < -0.39 is 15.3 Å². The van der Waals surface area contributed by atoms with Crippen molar-refractivity contribution in [3.63, 3.8) is 0 Å². The SMILES string of the molecule is Cc1cc(NC(=O)C2CCC(NS(=O)(=O)C(C)C)CC2)cc2ccsc12. The lowest BCUT2D eigenvalue weighted by Gasteiger charge is -2.28. The average Bonchev–Trinajstić information content (AvgIpc) is 3.04. The molecule has 7 heteroatoms. The van der Waals surface area contributed by atoms with E-state index in [4.69, 9.17) is 0 Å². The lowest BCUT2D eigenvalue weighted by atomic mass is 9.86. The minimum atomic E-state index is -3.25. The van der Waals surface area contributed by atoms with Crippen molar-refractivity contribution in [3.8, 4) is 0 Å². The average molecular weight is 395 g/mol. The van der Waals surface area contributed by atoms with Crippen LogP contribution in [-0.4, -0.2) is 25.6 Å². The summed E-state index contributed by atoms with van der Waals surface area (Å²) in [6.45, 7) is 5.40. The molecule has 26 heavy (non-hydrogen) atoms. The van der Waals surface area contributed by atoms with Gasteiger partial charge in [-0.05, 0) is 81.0 Å². The Bertz CT molecular complexity index is 895. The van der Waals surface area contributed by atoms with Crippen molar-refractivity contribution in [2.75, 3.05) is 5.32 Å². The smallest absolute Gasteiger partial charge is 0.227 e. The summed E-state index contributed by atoms with van der Waals surface area (Å²) in [5.74, 6) is -0.0302. The molecule has 1 aromatic heterocycles. The van der Waals surface area contributed by atoms with Crippen molar-refractivity contribution in [2.45, 2.75) is 57.7 Å². The topological polar surface area (TPSA) is 75.3 Å². The number of carbonyl (C=O) groups excluding carboxylic acids is 1. The minimum Gasteiger partial charge on any atom is -0.326 e. The molecule has 1 aliphatic rings. The molecule has 1 heterocycles. The third kappa shape index (κ3) is 4.27. The molecule has 1 aromatic carbocycles. The second kappa shape index (κ2) is 7.66. The highest BCUT2D eigenvalue weighted by atomic mass is 32.2. The Morgan fingerprint density at radius 3 is 2.54 bits per heavy atom. The molecule has 0 atom stereocenters. The number of amides is 1. The summed E-state index contributed by atoms with van der Waals surface area (Å²) >= 11 is 1.71. The maximum absolute atomic E-state index is 12.6. The number of thiophene rings is 1. The second-order valence-corrected chi connectivity index (χ2v) is 10.6. The van der Waals surface area contributed by atoms with Crippen LogP contribution < -0.4 is 10.0 Å². The molecule has 1 fully saturated rings. The van der Waals surface area contributed by atoms with Gasteiger partial charge in [-0.15, -0.1) is 11.3 Å². The lowest BCUT2D eigenvalue weighted by molar-refractivity contribution is -0.120. The Kier molecular flexibility index (Phi) is 5.69. The molecule has 0 bridgehead atoms. The molecule has 0 aliphatic heterocycles. The summed E-state index contributed by atoms with van der Waals surface area (Å²) in [5, 5.41) is 5.82. The maximum atomic E-state index is 12.6. The Morgan fingerprint density at radius 1 is 1.19 bits per heavy atom. The van der Waals surface area contributed by atoms with Crippen molar-refractivity contribution in [2.24, 2.45) is 5.92 Å². The first-order valence-corrected chi connectivity index (χ1v) is 11.5. The molecule has 0 spiro atoms. The van der Waals surface area contributed by atoms with E-state index in [0.717, 1.165) is 11.1 Å². The van der Waals surface area contributed by atoms with Crippen LogP contribution in [0.4, 0.5) is 5.69 Å². The number of aryl methyl sites for hydroxylation is 1. The number of rotatable bonds is 5. The summed E-state index contributed by atoms with van der Waals surface area (Å²) in [4.78, 5) is 12.6. The van der Waals surface area contributed by atoms with Crippen LogP contribution in [0.3, 0.4) is 0 Å². The molecule has 5 nitrogen and oxygen atoms in total. The predicted octanol–water partition coefficient (Wildman–Crippen LogP) is 4.03. The Balaban J connectivity index is 1.58. The lowest BCUT2D eigenvalue weighted by Crippen LogP contribution is -2.42. The van der Waals surface area contributed by atoms with Gasteiger partial charge < -0.3 is 5.32 Å². The zero-order chi connectivity index (χ0) is 18.9. The normalized spacial score (nSPS) is 21.2. The molecule has 0 unspecified atom stereocenters. The van der Waals surface area contributed by atoms with Gasteiger partial charge in [0.05, 0.1) is 5.25 Å². The van der Waals surface area contributed by atoms with Crippen LogP contribution in [-0.2, 0) is 14.8 Å². The summed E-state index contributed by atoms with van der Waals surface area (Å²) in [6, 6.07) is 6.03. The first kappa shape index (κ1) is 19.3. The van der Waals surface area contributed by atoms with Gasteiger partial charge in [0.2, 0.25) is 15.9 Å². The molecule has 1 aliphatic carbocycles. The molecule has 142 valence electrons. The quantitative estimate of drug-likeness (QED) is 0.804. The van der Waals surface area contributed by atoms with E-state index in [9.17, 15) is 13.2 Å². The van der Waals surface area contributed by atoms with Crippen LogP contribution in [0.5, 0.6) is 0 Å². The van der Waals surface area contributed by atoms with E-state index in [2.05, 4.69) is 28.4 Å². The molecule has 0 radical (unpaired) electrons. The van der Waals surface area contributed by atoms with Gasteiger partial charge in [0, 0.05) is 22.3 Å². The van der Waals surface area contributed by atoms with Gasteiger partial charge >= 0.3 is 0 Å². The van der Waals surface area contributed by atoms with Gasteiger partial charge in [-0.2, -0.15) is 0 Å². The van der Waals surface area contributed by atoms with Crippen molar-refractivity contribution < 1.29 is 13.2 Å². The van der Waals surface area contributed by atoms with Gasteiger partial charge in [0.25, 0.3) is 0 Å². The van der Waals surface area contributed by atoms with Crippen molar-refractivity contribution in [1.29, 1.82) is 0 Å². The summed E-state index contributed by atoms with van der Waals surface area (Å²) in [7, 11) is -3.25. The van der Waals surface area contributed by atoms with Gasteiger partial charge in [-0.25, -0.2) is 13.1 Å². The fourth-order valence-corrected chi connectivity index (χ4v) is 5.25. The fourth-order valence-electron chi connectivity index (χ4n) is 3.42. The molecule has 2 aromatic rings. The Labute approximate surface area is 159 Å². The van der Waals surface area contributed by atoms with Crippen LogP contribution >= 0.6 is 11.3 Å². The number of carbonyl (C=O) groups is 1. The van der Waals surface area contributed by atoms with Crippen LogP contribution in [0.2, 0.25) is 0 Å². The van der Waals surface area contributed by atoms with E-state index >= 15 is 0 Å². The van der Waals surface area contributed by atoms with E-state index in [1.807, 2.05) is 12.1 Å². The monoisotopic (exact) mass is 394 g/mol. The number of anilines is 1. The molecular formula is C19H26N2O3S2. The highest BCUT2D eigenvalue weighted by Crippen LogP contribution is 2.30. The zero-order valence-corrected chi connectivity index (χ0v) is 17.0. The standard InChI is InChI=1S/C19H26N2O3S2/c1-12(2)26(23,24)21-16-6-4-14(5-7-16)19(22)20-17-10-13(3)18-15(11-17)8-9-25-18/h8-12,14,16,21H,4-7H2,1-3H3,(H,20,22). The number of nitrogens with one attached hydrogen (secondary N) is 2. The Hall–Kier alpha value is -1.44. The summed E-state index contributed by atoms with van der Waals surface area (Å²) in [6.07, 6.45) is 2.81. The fraction of sp³-hybridized carbons (Fsp3) is 0.526. The van der Waals surface area contributed by atoms with Gasteiger partial charge in [0.1, 0.15) is 0 Å². The number of sulfonamides is 1. The third-order valence-electron chi connectivity index (χ3n) is 5.05. The van der Waals surface area contributed by atoms with E-state index in [1.165, 1.54) is 10.3 Å². The van der Waals surface area contributed by atoms with Crippen LogP contribution in [0.1, 0.15) is 45.1 Å². The minimum absolute atomic E-state index is 0.0316. The predicted molar refractivity (Wildman–Crippen MR) is 108 cm³/mol. The molecular weight excluding hydrogens is 368 g/mol. The first-order valence-electron chi connectivity index (χ1n) is 9.06. The largest absolute Gasteiger partial charge is 0.326 e. The van der Waals surface area contributed by atoms with Crippen molar-refractivity contribution in [3.05, 3.63) is 29.1 Å². The highest BCUT2D eigenvalue weighted by molar-refractivity contribution is 7.90. The number of hydrogen-bond acceptors (Lipinski definition) is 4. The summed E-state index contributed by atoms with van der Waals surface area (Å²) < 4.78 is 28.0. The zero-order valence-electron chi connectivity index (χ0n) is 15.4. The third-order valence-corrected chi connectivity index (χ3v) is 8.02. The van der Waals surface area contributed by atoms with Crippen molar-refractivity contribution >= 4 is 43.0 Å². The Morgan fingerprint density at radius 2 is 1.88 bits per heavy atom. The molecule has 1 amide bonds. The van der Waals surface area contributed by atoms with Gasteiger partial charge in [0.15, 0.2) is 0 Å². The van der Waals surface area contributed by atoms with E-state index in [1.54, 1.807) is 25.2 Å². The number of benzene rings is 1. The maximum Gasteiger partial charge on any atom is 0.227 e. The van der Waals surface area contributed by atoms with Crippen LogP contribution in [0.25, 0.3) is 10.1 Å². The van der Waals surface area contributed by atoms with Crippen LogP contribution in [0.15, 0.2) is 23.6 Å². The van der Waals surface area contributed by atoms with E-state index in [0.29, 0.717) is 25.7 Å². The summed E-state index contributed by atoms with van der Waals surface area (Å²) in [5.41, 5.74) is 2.00. The number of hydrogen-bond donors (Lipinski definition) is 2. The number of fused-ring (bicyclic) bond motifs is 1. The molecule has 1 saturated carbocycles.